The summed E-state index contributed by atoms with van der Waals surface area (Å²) < 4.78 is 0. The van der Waals surface area contributed by atoms with Crippen LogP contribution in [-0.4, -0.2) is 16.6 Å². The molecule has 1 heterocycles. The van der Waals surface area contributed by atoms with Gasteiger partial charge in [0.05, 0.1) is 11.2 Å². The number of ketones is 2. The maximum Gasteiger partial charge on any atom is 0.179 e. The lowest BCUT2D eigenvalue weighted by Crippen LogP contribution is -2.23. The molecule has 0 aliphatic carbocycles. The van der Waals surface area contributed by atoms with Crippen molar-refractivity contribution in [1.82, 2.24) is 4.98 Å². The Morgan fingerprint density at radius 2 is 1.11 bits per heavy atom. The van der Waals surface area contributed by atoms with E-state index in [4.69, 9.17) is 0 Å². The zero-order valence-corrected chi connectivity index (χ0v) is 14.6. The summed E-state index contributed by atoms with van der Waals surface area (Å²) in [5.41, 5.74) is 2.24. The first-order valence-corrected chi connectivity index (χ1v) is 8.78. The summed E-state index contributed by atoms with van der Waals surface area (Å²) in [5.74, 6) is -1.46. The van der Waals surface area contributed by atoms with E-state index in [9.17, 15) is 9.59 Å². The van der Waals surface area contributed by atoms with Crippen molar-refractivity contribution in [3.8, 4) is 0 Å². The van der Waals surface area contributed by atoms with E-state index in [0.717, 1.165) is 10.9 Å². The van der Waals surface area contributed by atoms with Crippen LogP contribution in [0.2, 0.25) is 0 Å². The van der Waals surface area contributed by atoms with Gasteiger partial charge in [-0.3, -0.25) is 14.6 Å². The van der Waals surface area contributed by atoms with Gasteiger partial charge in [0.2, 0.25) is 0 Å². The van der Waals surface area contributed by atoms with Crippen LogP contribution in [0.25, 0.3) is 10.9 Å². The lowest BCUT2D eigenvalue weighted by atomic mass is 9.87. The zero-order valence-electron chi connectivity index (χ0n) is 14.6. The number of Topliss-reactive ketones (excluding diaryl/α,β-unsaturated/α-hetero) is 2. The van der Waals surface area contributed by atoms with E-state index in [2.05, 4.69) is 4.98 Å². The second kappa shape index (κ2) is 7.34. The van der Waals surface area contributed by atoms with Crippen LogP contribution in [0.1, 0.15) is 32.3 Å². The van der Waals surface area contributed by atoms with Crippen LogP contribution < -0.4 is 0 Å². The number of aromatic nitrogens is 1. The lowest BCUT2D eigenvalue weighted by Gasteiger charge is -2.15. The fourth-order valence-electron chi connectivity index (χ4n) is 3.17. The minimum Gasteiger partial charge on any atom is -0.293 e. The minimum atomic E-state index is -0.973. The maximum absolute atomic E-state index is 13.2. The van der Waals surface area contributed by atoms with Gasteiger partial charge in [-0.05, 0) is 12.1 Å². The molecule has 0 radical (unpaired) electrons. The molecule has 27 heavy (non-hydrogen) atoms. The molecule has 0 N–H and O–H groups in total. The highest BCUT2D eigenvalue weighted by Gasteiger charge is 2.31. The number of carbonyl (C=O) groups excluding carboxylic acids is 2. The number of nitrogens with zero attached hydrogens (tertiary/aromatic N) is 1. The quantitative estimate of drug-likeness (QED) is 0.372. The van der Waals surface area contributed by atoms with Gasteiger partial charge in [-0.15, -0.1) is 0 Å². The summed E-state index contributed by atoms with van der Waals surface area (Å²) in [6.07, 6.45) is 0. The van der Waals surface area contributed by atoms with E-state index in [-0.39, 0.29) is 11.6 Å². The van der Waals surface area contributed by atoms with Gasteiger partial charge in [0.25, 0.3) is 0 Å². The van der Waals surface area contributed by atoms with Crippen molar-refractivity contribution >= 4 is 22.5 Å². The molecule has 0 aliphatic heterocycles. The van der Waals surface area contributed by atoms with Crippen molar-refractivity contribution in [2.45, 2.75) is 5.92 Å². The van der Waals surface area contributed by atoms with Crippen molar-refractivity contribution in [2.75, 3.05) is 0 Å². The first-order chi connectivity index (χ1) is 13.2. The first-order valence-electron chi connectivity index (χ1n) is 8.78. The Morgan fingerprint density at radius 1 is 0.593 bits per heavy atom. The highest BCUT2D eigenvalue weighted by molar-refractivity contribution is 6.20. The molecule has 0 saturated carbocycles. The van der Waals surface area contributed by atoms with Crippen LogP contribution in [0, 0.1) is 0 Å². The first kappa shape index (κ1) is 16.9. The van der Waals surface area contributed by atoms with Gasteiger partial charge in [-0.1, -0.05) is 84.9 Å². The molecule has 0 amide bonds. The molecule has 3 heteroatoms. The number of pyridine rings is 1. The number of para-hydroxylation sites is 1. The fourth-order valence-corrected chi connectivity index (χ4v) is 3.17. The third kappa shape index (κ3) is 3.40. The summed E-state index contributed by atoms with van der Waals surface area (Å²) >= 11 is 0. The van der Waals surface area contributed by atoms with Crippen molar-refractivity contribution in [3.05, 3.63) is 114 Å². The Hall–Kier alpha value is -3.59. The van der Waals surface area contributed by atoms with Crippen molar-refractivity contribution in [3.63, 3.8) is 0 Å². The van der Waals surface area contributed by atoms with E-state index in [1.165, 1.54) is 0 Å². The summed E-state index contributed by atoms with van der Waals surface area (Å²) in [6.45, 7) is 0. The average Bonchev–Trinajstić information content (AvgIpc) is 2.75. The van der Waals surface area contributed by atoms with Crippen LogP contribution in [0.15, 0.2) is 97.1 Å². The standard InChI is InChI=1S/C24H17NO2/c26-23(18-10-3-1-4-11-18)22(24(27)19-12-5-2-6-13-19)21-16-15-17-9-7-8-14-20(17)25-21/h1-16,22H. The van der Waals surface area contributed by atoms with Gasteiger partial charge < -0.3 is 0 Å². The van der Waals surface area contributed by atoms with Gasteiger partial charge >= 0.3 is 0 Å². The molecule has 0 atom stereocenters. The summed E-state index contributed by atoms with van der Waals surface area (Å²) in [5, 5.41) is 0.972. The van der Waals surface area contributed by atoms with Crippen LogP contribution in [-0.2, 0) is 0 Å². The Bertz CT molecular complexity index is 1050. The van der Waals surface area contributed by atoms with Crippen LogP contribution in [0.5, 0.6) is 0 Å². The van der Waals surface area contributed by atoms with Crippen molar-refractivity contribution < 1.29 is 9.59 Å². The average molecular weight is 351 g/mol. The Labute approximate surface area is 157 Å². The highest BCUT2D eigenvalue weighted by Crippen LogP contribution is 2.26. The molecule has 130 valence electrons. The third-order valence-corrected chi connectivity index (χ3v) is 4.56. The van der Waals surface area contributed by atoms with Crippen LogP contribution in [0.4, 0.5) is 0 Å². The van der Waals surface area contributed by atoms with Gasteiger partial charge in [0.15, 0.2) is 11.6 Å². The topological polar surface area (TPSA) is 47.0 Å². The number of carbonyl (C=O) groups is 2. The monoisotopic (exact) mass is 351 g/mol. The van der Waals surface area contributed by atoms with Crippen LogP contribution in [0.3, 0.4) is 0 Å². The zero-order chi connectivity index (χ0) is 18.6. The smallest absolute Gasteiger partial charge is 0.179 e. The van der Waals surface area contributed by atoms with Gasteiger partial charge in [-0.25, -0.2) is 0 Å². The molecule has 4 rings (SSSR count). The second-order valence-electron chi connectivity index (χ2n) is 6.32. The summed E-state index contributed by atoms with van der Waals surface area (Å²) in [4.78, 5) is 31.1. The van der Waals surface area contributed by atoms with Gasteiger partial charge in [0.1, 0.15) is 5.92 Å². The van der Waals surface area contributed by atoms with E-state index < -0.39 is 5.92 Å². The molecule has 4 aromatic rings. The third-order valence-electron chi connectivity index (χ3n) is 4.56. The minimum absolute atomic E-state index is 0.243. The number of benzene rings is 3. The number of hydrogen-bond acceptors (Lipinski definition) is 3. The number of fused-ring (bicyclic) bond motifs is 1. The van der Waals surface area contributed by atoms with Crippen LogP contribution >= 0.6 is 0 Å². The normalized spacial score (nSPS) is 10.9. The Balaban J connectivity index is 1.84. The van der Waals surface area contributed by atoms with E-state index in [0.29, 0.717) is 16.8 Å². The molecule has 1 aromatic heterocycles. The van der Waals surface area contributed by atoms with Crippen molar-refractivity contribution in [2.24, 2.45) is 0 Å². The molecular weight excluding hydrogens is 334 g/mol. The molecule has 0 unspecified atom stereocenters. The molecule has 0 aliphatic rings. The Kier molecular flexibility index (Phi) is 4.58. The lowest BCUT2D eigenvalue weighted by molar-refractivity contribution is 0.0858. The van der Waals surface area contributed by atoms with E-state index >= 15 is 0 Å². The number of hydrogen-bond donors (Lipinski definition) is 0. The highest BCUT2D eigenvalue weighted by atomic mass is 16.2. The van der Waals surface area contributed by atoms with Crippen molar-refractivity contribution in [1.29, 1.82) is 0 Å². The Morgan fingerprint density at radius 3 is 1.70 bits per heavy atom. The molecule has 0 spiro atoms. The maximum atomic E-state index is 13.2. The van der Waals surface area contributed by atoms with Gasteiger partial charge in [0, 0.05) is 16.5 Å². The van der Waals surface area contributed by atoms with E-state index in [1.54, 1.807) is 54.6 Å². The molecule has 0 fully saturated rings. The summed E-state index contributed by atoms with van der Waals surface area (Å²) in [6, 6.07) is 29.2. The number of rotatable bonds is 5. The predicted octanol–water partition coefficient (Wildman–Crippen LogP) is 5.08. The predicted molar refractivity (Wildman–Crippen MR) is 106 cm³/mol. The molecular formula is C24H17NO2. The molecule has 0 bridgehead atoms. The molecule has 0 saturated heterocycles. The SMILES string of the molecule is O=C(c1ccccc1)C(C(=O)c1ccccc1)c1ccc2ccccc2n1. The van der Waals surface area contributed by atoms with Gasteiger partial charge in [-0.2, -0.15) is 0 Å². The second-order valence-corrected chi connectivity index (χ2v) is 6.32. The fraction of sp³-hybridized carbons (Fsp3) is 0.0417. The summed E-state index contributed by atoms with van der Waals surface area (Å²) in [7, 11) is 0. The molecule has 3 nitrogen and oxygen atoms in total. The largest absolute Gasteiger partial charge is 0.293 e. The molecule has 3 aromatic carbocycles. The van der Waals surface area contributed by atoms with E-state index in [1.807, 2.05) is 42.5 Å².